The molecule has 6 nitrogen and oxygen atoms in total. The molecule has 0 aromatic carbocycles. The minimum Gasteiger partial charge on any atom is -0.360 e. The SMILES string of the molecule is CCN(CC(=O)NC(C)(C)C)C(=O)c1cc(C2CC2)on1. The summed E-state index contributed by atoms with van der Waals surface area (Å²) >= 11 is 0. The van der Waals surface area contributed by atoms with Crippen LogP contribution in [0, 0.1) is 0 Å². The molecule has 1 aliphatic rings. The van der Waals surface area contributed by atoms with E-state index >= 15 is 0 Å². The Kier molecular flexibility index (Phi) is 4.34. The summed E-state index contributed by atoms with van der Waals surface area (Å²) in [5, 5.41) is 6.68. The van der Waals surface area contributed by atoms with E-state index in [-0.39, 0.29) is 29.6 Å². The lowest BCUT2D eigenvalue weighted by Crippen LogP contribution is -2.47. The maximum Gasteiger partial charge on any atom is 0.276 e. The molecule has 116 valence electrons. The highest BCUT2D eigenvalue weighted by Crippen LogP contribution is 2.40. The van der Waals surface area contributed by atoms with Gasteiger partial charge in [-0.1, -0.05) is 5.16 Å². The molecule has 1 N–H and O–H groups in total. The van der Waals surface area contributed by atoms with Crippen molar-refractivity contribution in [3.63, 3.8) is 0 Å². The smallest absolute Gasteiger partial charge is 0.276 e. The van der Waals surface area contributed by atoms with Gasteiger partial charge in [-0.2, -0.15) is 0 Å². The van der Waals surface area contributed by atoms with Crippen molar-refractivity contribution < 1.29 is 14.1 Å². The minimum absolute atomic E-state index is 0.0260. The predicted octanol–water partition coefficient (Wildman–Crippen LogP) is 1.93. The number of amides is 2. The quantitative estimate of drug-likeness (QED) is 0.900. The highest BCUT2D eigenvalue weighted by Gasteiger charge is 2.30. The molecule has 1 aliphatic carbocycles. The minimum atomic E-state index is -0.313. The lowest BCUT2D eigenvalue weighted by Gasteiger charge is -2.24. The first-order chi connectivity index (χ1) is 9.80. The number of nitrogens with one attached hydrogen (secondary N) is 1. The third kappa shape index (κ3) is 4.31. The summed E-state index contributed by atoms with van der Waals surface area (Å²) < 4.78 is 5.19. The van der Waals surface area contributed by atoms with E-state index in [0.29, 0.717) is 12.5 Å². The largest absolute Gasteiger partial charge is 0.360 e. The predicted molar refractivity (Wildman–Crippen MR) is 78.0 cm³/mol. The van der Waals surface area contributed by atoms with E-state index in [1.165, 1.54) is 4.90 Å². The molecule has 0 bridgehead atoms. The standard InChI is InChI=1S/C15H23N3O3/c1-5-18(9-13(19)16-15(2,3)4)14(20)11-8-12(21-17-11)10-6-7-10/h8,10H,5-7,9H2,1-4H3,(H,16,19). The van der Waals surface area contributed by atoms with Gasteiger partial charge in [0, 0.05) is 24.1 Å². The number of aromatic nitrogens is 1. The Balaban J connectivity index is 1.98. The summed E-state index contributed by atoms with van der Waals surface area (Å²) in [5.74, 6) is 0.743. The third-order valence-corrected chi connectivity index (χ3v) is 3.25. The first kappa shape index (κ1) is 15.5. The molecule has 0 saturated heterocycles. The zero-order valence-corrected chi connectivity index (χ0v) is 13.1. The fraction of sp³-hybridized carbons (Fsp3) is 0.667. The first-order valence-electron chi connectivity index (χ1n) is 7.37. The van der Waals surface area contributed by atoms with E-state index in [4.69, 9.17) is 4.52 Å². The van der Waals surface area contributed by atoms with Gasteiger partial charge in [0.05, 0.1) is 6.54 Å². The fourth-order valence-electron chi connectivity index (χ4n) is 2.07. The number of carbonyl (C=O) groups excluding carboxylic acids is 2. The van der Waals surface area contributed by atoms with E-state index in [1.54, 1.807) is 6.07 Å². The van der Waals surface area contributed by atoms with Crippen LogP contribution in [0.5, 0.6) is 0 Å². The number of nitrogens with zero attached hydrogens (tertiary/aromatic N) is 2. The Morgan fingerprint density at radius 2 is 2.10 bits per heavy atom. The average molecular weight is 293 g/mol. The lowest BCUT2D eigenvalue weighted by molar-refractivity contribution is -0.123. The van der Waals surface area contributed by atoms with Gasteiger partial charge >= 0.3 is 0 Å². The monoisotopic (exact) mass is 293 g/mol. The Hall–Kier alpha value is -1.85. The van der Waals surface area contributed by atoms with Crippen LogP contribution < -0.4 is 5.32 Å². The van der Waals surface area contributed by atoms with Crippen LogP contribution in [0.1, 0.15) is 62.7 Å². The van der Waals surface area contributed by atoms with Crippen molar-refractivity contribution in [2.45, 2.75) is 52.0 Å². The van der Waals surface area contributed by atoms with Crippen LogP contribution in [0.2, 0.25) is 0 Å². The van der Waals surface area contributed by atoms with Gasteiger partial charge in [0.15, 0.2) is 5.69 Å². The summed E-state index contributed by atoms with van der Waals surface area (Å²) in [7, 11) is 0. The molecule has 0 unspecified atom stereocenters. The summed E-state index contributed by atoms with van der Waals surface area (Å²) in [6.07, 6.45) is 2.18. The molecule has 2 amide bonds. The number of rotatable bonds is 5. The molecule has 21 heavy (non-hydrogen) atoms. The zero-order chi connectivity index (χ0) is 15.6. The van der Waals surface area contributed by atoms with Gasteiger partial charge < -0.3 is 14.7 Å². The second-order valence-corrected chi connectivity index (χ2v) is 6.51. The molecule has 0 atom stereocenters. The maximum absolute atomic E-state index is 12.4. The van der Waals surface area contributed by atoms with E-state index in [2.05, 4.69) is 10.5 Å². The van der Waals surface area contributed by atoms with Crippen molar-refractivity contribution in [2.24, 2.45) is 0 Å². The van der Waals surface area contributed by atoms with Crippen LogP contribution in [0.15, 0.2) is 10.6 Å². The second-order valence-electron chi connectivity index (χ2n) is 6.51. The molecular formula is C15H23N3O3. The molecular weight excluding hydrogens is 270 g/mol. The van der Waals surface area contributed by atoms with Crippen LogP contribution in [0.25, 0.3) is 0 Å². The second kappa shape index (κ2) is 5.87. The summed E-state index contributed by atoms with van der Waals surface area (Å²) in [5.41, 5.74) is -0.0330. The first-order valence-corrected chi connectivity index (χ1v) is 7.37. The van der Waals surface area contributed by atoms with Crippen molar-refractivity contribution in [1.29, 1.82) is 0 Å². The van der Waals surface area contributed by atoms with Gasteiger partial charge in [0.1, 0.15) is 5.76 Å². The summed E-state index contributed by atoms with van der Waals surface area (Å²) in [4.78, 5) is 25.8. The van der Waals surface area contributed by atoms with Crippen LogP contribution in [0.3, 0.4) is 0 Å². The topological polar surface area (TPSA) is 75.4 Å². The number of hydrogen-bond donors (Lipinski definition) is 1. The summed E-state index contributed by atoms with van der Waals surface area (Å²) in [6, 6.07) is 1.70. The molecule has 0 spiro atoms. The Morgan fingerprint density at radius 1 is 1.43 bits per heavy atom. The highest BCUT2D eigenvalue weighted by molar-refractivity contribution is 5.95. The molecule has 1 aromatic heterocycles. The molecule has 1 saturated carbocycles. The van der Waals surface area contributed by atoms with E-state index < -0.39 is 0 Å². The molecule has 1 fully saturated rings. The van der Waals surface area contributed by atoms with Crippen molar-refractivity contribution in [2.75, 3.05) is 13.1 Å². The fourth-order valence-corrected chi connectivity index (χ4v) is 2.07. The van der Waals surface area contributed by atoms with Gasteiger partial charge in [-0.05, 0) is 40.5 Å². The van der Waals surface area contributed by atoms with Gasteiger partial charge in [0.2, 0.25) is 5.91 Å². The van der Waals surface area contributed by atoms with E-state index in [0.717, 1.165) is 18.6 Å². The molecule has 1 aromatic rings. The van der Waals surface area contributed by atoms with Gasteiger partial charge in [0.25, 0.3) is 5.91 Å². The van der Waals surface area contributed by atoms with Gasteiger partial charge in [-0.3, -0.25) is 9.59 Å². The normalized spacial score (nSPS) is 14.9. The third-order valence-electron chi connectivity index (χ3n) is 3.25. The van der Waals surface area contributed by atoms with Crippen LogP contribution in [0.4, 0.5) is 0 Å². The van der Waals surface area contributed by atoms with Crippen molar-refractivity contribution in [1.82, 2.24) is 15.4 Å². The van der Waals surface area contributed by atoms with Crippen LogP contribution in [-0.4, -0.2) is 40.5 Å². The van der Waals surface area contributed by atoms with Gasteiger partial charge in [-0.25, -0.2) is 0 Å². The molecule has 0 aliphatic heterocycles. The number of carbonyl (C=O) groups is 2. The van der Waals surface area contributed by atoms with Crippen molar-refractivity contribution >= 4 is 11.8 Å². The van der Waals surface area contributed by atoms with Crippen molar-refractivity contribution in [3.05, 3.63) is 17.5 Å². The lowest BCUT2D eigenvalue weighted by atomic mass is 10.1. The Bertz CT molecular complexity index is 527. The molecule has 2 rings (SSSR count). The molecule has 6 heteroatoms. The van der Waals surface area contributed by atoms with Crippen LogP contribution >= 0.6 is 0 Å². The Labute approximate surface area is 124 Å². The van der Waals surface area contributed by atoms with Gasteiger partial charge in [-0.15, -0.1) is 0 Å². The van der Waals surface area contributed by atoms with Crippen molar-refractivity contribution in [3.8, 4) is 0 Å². The van der Waals surface area contributed by atoms with E-state index in [1.807, 2.05) is 27.7 Å². The molecule has 1 heterocycles. The molecule has 0 radical (unpaired) electrons. The maximum atomic E-state index is 12.4. The summed E-state index contributed by atoms with van der Waals surface area (Å²) in [6.45, 7) is 8.03. The number of likely N-dealkylation sites (N-methyl/N-ethyl adjacent to an activating group) is 1. The number of hydrogen-bond acceptors (Lipinski definition) is 4. The van der Waals surface area contributed by atoms with Crippen LogP contribution in [-0.2, 0) is 4.79 Å². The Morgan fingerprint density at radius 3 is 2.62 bits per heavy atom. The van der Waals surface area contributed by atoms with E-state index in [9.17, 15) is 9.59 Å². The zero-order valence-electron chi connectivity index (χ0n) is 13.1. The highest BCUT2D eigenvalue weighted by atomic mass is 16.5. The average Bonchev–Trinajstić information content (AvgIpc) is 3.11.